The zero-order valence-corrected chi connectivity index (χ0v) is 37.1. The average molecular weight is 895 g/mol. The number of aliphatic hydroxyl groups is 4. The summed E-state index contributed by atoms with van der Waals surface area (Å²) >= 11 is 3.49. The Bertz CT molecular complexity index is 2770. The Morgan fingerprint density at radius 2 is 1.17 bits per heavy atom. The third-order valence-electron chi connectivity index (χ3n) is 12.8. The molecule has 6 unspecified atom stereocenters. The number of carbonyl (C=O) groups excluding carboxylic acids is 2. The average Bonchev–Trinajstić information content (AvgIpc) is 4.17. The molecule has 6 N–H and O–H groups in total. The monoisotopic (exact) mass is 894 g/mol. The highest BCUT2D eigenvalue weighted by Crippen LogP contribution is 2.55. The zero-order valence-electron chi connectivity index (χ0n) is 35.5. The van der Waals surface area contributed by atoms with E-state index >= 15 is 0 Å². The van der Waals surface area contributed by atoms with Gasteiger partial charge < -0.3 is 40.5 Å². The minimum atomic E-state index is -0.948. The molecule has 0 spiro atoms. The van der Waals surface area contributed by atoms with Gasteiger partial charge in [-0.25, -0.2) is 0 Å². The van der Waals surface area contributed by atoms with Crippen molar-refractivity contribution >= 4 is 58.0 Å². The highest BCUT2D eigenvalue weighted by molar-refractivity contribution is 7.11. The molecule has 0 bridgehead atoms. The van der Waals surface area contributed by atoms with E-state index in [-0.39, 0.29) is 38.2 Å². The topological polar surface area (TPSA) is 158 Å². The molecular formula is C52H50N2O8S2. The molecule has 0 fully saturated rings. The second-order valence-corrected chi connectivity index (χ2v) is 19.3. The number of aryl methyl sites for hydroxylation is 2. The van der Waals surface area contributed by atoms with Gasteiger partial charge in [-0.1, -0.05) is 72.8 Å². The van der Waals surface area contributed by atoms with Crippen LogP contribution in [0.1, 0.15) is 65.4 Å². The van der Waals surface area contributed by atoms with E-state index < -0.39 is 34.9 Å². The third-order valence-corrected chi connectivity index (χ3v) is 14.8. The number of hydrogen-bond acceptors (Lipinski definition) is 10. The van der Waals surface area contributed by atoms with Gasteiger partial charge in [-0.15, -0.1) is 22.7 Å². The normalized spacial score (nSPS) is 21.8. The number of carbonyl (C=O) groups is 2. The Labute approximate surface area is 380 Å². The summed E-state index contributed by atoms with van der Waals surface area (Å²) in [7, 11) is 0. The molecule has 4 heterocycles. The van der Waals surface area contributed by atoms with Gasteiger partial charge in [0.05, 0.1) is 25.0 Å². The number of anilines is 2. The molecule has 328 valence electrons. The second-order valence-electron chi connectivity index (χ2n) is 17.0. The van der Waals surface area contributed by atoms with E-state index in [2.05, 4.69) is 96.6 Å². The predicted molar refractivity (Wildman–Crippen MR) is 253 cm³/mol. The first kappa shape index (κ1) is 43.4. The van der Waals surface area contributed by atoms with Gasteiger partial charge >= 0.3 is 0 Å². The van der Waals surface area contributed by atoms with Crippen molar-refractivity contribution in [1.82, 2.24) is 0 Å². The molecule has 0 saturated heterocycles. The Kier molecular flexibility index (Phi) is 12.2. The summed E-state index contributed by atoms with van der Waals surface area (Å²) < 4.78 is 11.4. The standard InChI is InChI=1S/2C26H25NO4S/c1-16-6-8-20(32-16)13-26(11-10-17-4-2-3-5-22(17)26)24-21-12-19(31-15-18(29)14-28)7-9-23(21)27-25(24)30;1-16-9-11-32-23(16)13-26(10-8-17-4-2-3-5-21(17)26)24-20-12-19(31-15-18(29)14-28)6-7-22(20)27-25(24)30/h2*2-12,18,24,28-29H,13-15H2,1H3,(H,27,30). The van der Waals surface area contributed by atoms with Crippen LogP contribution in [0.4, 0.5) is 11.4 Å². The van der Waals surface area contributed by atoms with Crippen LogP contribution in [0, 0.1) is 13.8 Å². The van der Waals surface area contributed by atoms with E-state index in [0.29, 0.717) is 11.5 Å². The van der Waals surface area contributed by atoms with Gasteiger partial charge in [0, 0.05) is 36.8 Å². The minimum absolute atomic E-state index is 0.0102. The van der Waals surface area contributed by atoms with Crippen LogP contribution in [0.15, 0.2) is 121 Å². The van der Waals surface area contributed by atoms with Gasteiger partial charge in [0.15, 0.2) is 0 Å². The van der Waals surface area contributed by atoms with Crippen molar-refractivity contribution in [1.29, 1.82) is 0 Å². The van der Waals surface area contributed by atoms with Crippen LogP contribution in [0.25, 0.3) is 12.2 Å². The van der Waals surface area contributed by atoms with Crippen LogP contribution in [-0.4, -0.2) is 70.9 Å². The van der Waals surface area contributed by atoms with Crippen molar-refractivity contribution in [3.8, 4) is 11.5 Å². The molecule has 12 heteroatoms. The second kappa shape index (κ2) is 18.0. The van der Waals surface area contributed by atoms with E-state index in [4.69, 9.17) is 19.7 Å². The molecule has 10 rings (SSSR count). The minimum Gasteiger partial charge on any atom is -0.491 e. The summed E-state index contributed by atoms with van der Waals surface area (Å²) in [5, 5.41) is 45.7. The van der Waals surface area contributed by atoms with E-state index in [9.17, 15) is 19.8 Å². The fraction of sp³-hybridized carbons (Fsp3) is 0.269. The SMILES string of the molecule is Cc1ccc(CC2(C3C(=O)Nc4ccc(OCC(O)CO)cc43)C=Cc3ccccc32)s1.Cc1ccsc1CC1(C2C(=O)Nc3ccc(OCC(O)CO)cc32)C=Cc2ccccc21. The number of fused-ring (bicyclic) bond motifs is 4. The molecule has 2 aliphatic heterocycles. The molecule has 10 nitrogen and oxygen atoms in total. The van der Waals surface area contributed by atoms with E-state index in [1.165, 1.54) is 20.2 Å². The van der Waals surface area contributed by atoms with Crippen LogP contribution >= 0.6 is 22.7 Å². The number of thiophene rings is 2. The largest absolute Gasteiger partial charge is 0.491 e. The molecule has 4 aromatic carbocycles. The Morgan fingerprint density at radius 1 is 0.656 bits per heavy atom. The van der Waals surface area contributed by atoms with Crippen molar-refractivity contribution in [2.45, 2.75) is 61.6 Å². The van der Waals surface area contributed by atoms with Crippen molar-refractivity contribution < 1.29 is 39.5 Å². The molecule has 4 aliphatic rings. The Morgan fingerprint density at radius 3 is 1.64 bits per heavy atom. The summed E-state index contributed by atoms with van der Waals surface area (Å²) in [6, 6.07) is 34.0. The molecule has 2 aliphatic carbocycles. The number of ether oxygens (including phenoxy) is 2. The molecule has 2 amide bonds. The maximum absolute atomic E-state index is 13.4. The lowest BCUT2D eigenvalue weighted by molar-refractivity contribution is -0.119. The maximum atomic E-state index is 13.4. The van der Waals surface area contributed by atoms with Crippen LogP contribution in [0.5, 0.6) is 11.5 Å². The number of nitrogens with one attached hydrogen (secondary N) is 2. The first-order valence-corrected chi connectivity index (χ1v) is 23.1. The van der Waals surface area contributed by atoms with Gasteiger partial charge in [0.2, 0.25) is 11.8 Å². The quantitative estimate of drug-likeness (QED) is 0.0642. The smallest absolute Gasteiger partial charge is 0.233 e. The molecule has 64 heavy (non-hydrogen) atoms. The van der Waals surface area contributed by atoms with Gasteiger partial charge in [0.25, 0.3) is 0 Å². The lowest BCUT2D eigenvalue weighted by Crippen LogP contribution is -2.37. The summed E-state index contributed by atoms with van der Waals surface area (Å²) in [4.78, 5) is 30.6. The van der Waals surface area contributed by atoms with Gasteiger partial charge in [-0.05, 0) is 126 Å². The number of hydrogen-bond donors (Lipinski definition) is 6. The molecule has 0 radical (unpaired) electrons. The fourth-order valence-corrected chi connectivity index (χ4v) is 11.7. The van der Waals surface area contributed by atoms with Crippen molar-refractivity contribution in [3.05, 3.63) is 174 Å². The Balaban J connectivity index is 0.000000162. The molecular weight excluding hydrogens is 845 g/mol. The first-order chi connectivity index (χ1) is 31.0. The van der Waals surface area contributed by atoms with Crippen LogP contribution < -0.4 is 20.1 Å². The van der Waals surface area contributed by atoms with Gasteiger partial charge in [-0.2, -0.15) is 0 Å². The van der Waals surface area contributed by atoms with E-state index in [0.717, 1.165) is 57.6 Å². The van der Waals surface area contributed by atoms with Crippen LogP contribution in [-0.2, 0) is 33.3 Å². The van der Waals surface area contributed by atoms with Crippen LogP contribution in [0.2, 0.25) is 0 Å². The van der Waals surface area contributed by atoms with E-state index in [1.54, 1.807) is 34.8 Å². The number of amides is 2. The molecule has 6 aromatic rings. The third kappa shape index (κ3) is 8.10. The molecule has 2 aromatic heterocycles. The van der Waals surface area contributed by atoms with E-state index in [1.807, 2.05) is 48.5 Å². The number of rotatable bonds is 14. The van der Waals surface area contributed by atoms with Gasteiger partial charge in [-0.3, -0.25) is 9.59 Å². The zero-order chi connectivity index (χ0) is 44.6. The van der Waals surface area contributed by atoms with Crippen molar-refractivity contribution in [3.63, 3.8) is 0 Å². The fourth-order valence-electron chi connectivity index (χ4n) is 9.70. The van der Waals surface area contributed by atoms with Gasteiger partial charge in [0.1, 0.15) is 36.9 Å². The number of aliphatic hydroxyl groups excluding tert-OH is 4. The number of allylic oxidation sites excluding steroid dienone is 2. The first-order valence-electron chi connectivity index (χ1n) is 21.4. The summed E-state index contributed by atoms with van der Waals surface area (Å²) in [6.45, 7) is 3.47. The lowest BCUT2D eigenvalue weighted by atomic mass is 9.67. The summed E-state index contributed by atoms with van der Waals surface area (Å²) in [6.07, 6.45) is 8.20. The molecule has 0 saturated carbocycles. The summed E-state index contributed by atoms with van der Waals surface area (Å²) in [5.41, 5.74) is 8.16. The summed E-state index contributed by atoms with van der Waals surface area (Å²) in [5.74, 6) is 0.257. The highest BCUT2D eigenvalue weighted by atomic mass is 32.1. The Hall–Kier alpha value is -5.86. The maximum Gasteiger partial charge on any atom is 0.233 e. The van der Waals surface area contributed by atoms with Crippen LogP contribution in [0.3, 0.4) is 0 Å². The lowest BCUT2D eigenvalue weighted by Gasteiger charge is -2.34. The van der Waals surface area contributed by atoms with Crippen molar-refractivity contribution in [2.75, 3.05) is 37.1 Å². The number of benzene rings is 4. The highest BCUT2D eigenvalue weighted by Gasteiger charge is 2.52. The predicted octanol–water partition coefficient (Wildman–Crippen LogP) is 8.06. The molecule has 6 atom stereocenters. The van der Waals surface area contributed by atoms with Crippen molar-refractivity contribution in [2.24, 2.45) is 0 Å².